The van der Waals surface area contributed by atoms with Crippen molar-refractivity contribution in [3.63, 3.8) is 0 Å². The highest BCUT2D eigenvalue weighted by Crippen LogP contribution is 2.27. The van der Waals surface area contributed by atoms with E-state index in [-0.39, 0.29) is 0 Å². The third-order valence-electron chi connectivity index (χ3n) is 3.81. The second kappa shape index (κ2) is 4.63. The number of rotatable bonds is 2. The zero-order valence-corrected chi connectivity index (χ0v) is 11.1. The SMILES string of the molecule is CN=C(NC1CC1)N1CCC(c2cnn(C)c2)C1. The smallest absolute Gasteiger partial charge is 0.193 e. The number of aliphatic imine (C=N–C) groups is 1. The van der Waals surface area contributed by atoms with Crippen molar-refractivity contribution in [2.24, 2.45) is 12.0 Å². The van der Waals surface area contributed by atoms with Crippen LogP contribution in [-0.2, 0) is 7.05 Å². The Hall–Kier alpha value is -1.52. The number of likely N-dealkylation sites (tertiary alicyclic amines) is 1. The van der Waals surface area contributed by atoms with Gasteiger partial charge in [-0.25, -0.2) is 0 Å². The second-order valence-electron chi connectivity index (χ2n) is 5.34. The van der Waals surface area contributed by atoms with Gasteiger partial charge in [0.05, 0.1) is 6.20 Å². The summed E-state index contributed by atoms with van der Waals surface area (Å²) in [6.45, 7) is 2.14. The molecule has 1 aliphatic heterocycles. The molecular weight excluding hydrogens is 226 g/mol. The van der Waals surface area contributed by atoms with Gasteiger partial charge in [0.25, 0.3) is 0 Å². The first kappa shape index (κ1) is 11.6. The van der Waals surface area contributed by atoms with Crippen LogP contribution in [-0.4, -0.2) is 46.8 Å². The molecule has 98 valence electrons. The molecule has 0 spiro atoms. The molecule has 1 N–H and O–H groups in total. The predicted octanol–water partition coefficient (Wildman–Crippen LogP) is 0.947. The van der Waals surface area contributed by atoms with Gasteiger partial charge in [-0.2, -0.15) is 5.10 Å². The van der Waals surface area contributed by atoms with Gasteiger partial charge in [0.2, 0.25) is 0 Å². The third-order valence-corrected chi connectivity index (χ3v) is 3.81. The van der Waals surface area contributed by atoms with Crippen molar-refractivity contribution in [1.82, 2.24) is 20.0 Å². The first-order valence-electron chi connectivity index (χ1n) is 6.73. The lowest BCUT2D eigenvalue weighted by atomic mass is 10.0. The maximum Gasteiger partial charge on any atom is 0.193 e. The standard InChI is InChI=1S/C13H21N5/c1-14-13(16-12-3-4-12)18-6-5-10(9-18)11-7-15-17(2)8-11/h7-8,10,12H,3-6,9H2,1-2H3,(H,14,16). The summed E-state index contributed by atoms with van der Waals surface area (Å²) in [6.07, 6.45) is 7.89. The fourth-order valence-electron chi connectivity index (χ4n) is 2.58. The quantitative estimate of drug-likeness (QED) is 0.625. The molecule has 3 rings (SSSR count). The van der Waals surface area contributed by atoms with Crippen LogP contribution < -0.4 is 5.32 Å². The van der Waals surface area contributed by atoms with Crippen molar-refractivity contribution in [2.45, 2.75) is 31.2 Å². The van der Waals surface area contributed by atoms with E-state index in [9.17, 15) is 0 Å². The van der Waals surface area contributed by atoms with Gasteiger partial charge in [-0.1, -0.05) is 0 Å². The summed E-state index contributed by atoms with van der Waals surface area (Å²) in [6, 6.07) is 0.668. The predicted molar refractivity (Wildman–Crippen MR) is 71.7 cm³/mol. The summed E-state index contributed by atoms with van der Waals surface area (Å²) in [5, 5.41) is 7.78. The highest BCUT2D eigenvalue weighted by Gasteiger charge is 2.30. The highest BCUT2D eigenvalue weighted by atomic mass is 15.3. The second-order valence-corrected chi connectivity index (χ2v) is 5.34. The Kier molecular flexibility index (Phi) is 2.97. The van der Waals surface area contributed by atoms with Crippen molar-refractivity contribution in [2.75, 3.05) is 20.1 Å². The lowest BCUT2D eigenvalue weighted by Gasteiger charge is -2.21. The number of nitrogens with one attached hydrogen (secondary N) is 1. The molecule has 5 heteroatoms. The summed E-state index contributed by atoms with van der Waals surface area (Å²) in [5.74, 6) is 1.67. The van der Waals surface area contributed by atoms with E-state index in [2.05, 4.69) is 26.5 Å². The summed E-state index contributed by atoms with van der Waals surface area (Å²) in [5.41, 5.74) is 1.35. The lowest BCUT2D eigenvalue weighted by molar-refractivity contribution is 0.485. The lowest BCUT2D eigenvalue weighted by Crippen LogP contribution is -2.40. The van der Waals surface area contributed by atoms with Crippen molar-refractivity contribution in [3.05, 3.63) is 18.0 Å². The van der Waals surface area contributed by atoms with Gasteiger partial charge >= 0.3 is 0 Å². The summed E-state index contributed by atoms with van der Waals surface area (Å²) in [7, 11) is 3.85. The molecule has 2 aliphatic rings. The third kappa shape index (κ3) is 2.35. The number of aromatic nitrogens is 2. The van der Waals surface area contributed by atoms with E-state index in [4.69, 9.17) is 0 Å². The average molecular weight is 247 g/mol. The van der Waals surface area contributed by atoms with Crippen LogP contribution >= 0.6 is 0 Å². The molecule has 1 saturated heterocycles. The monoisotopic (exact) mass is 247 g/mol. The number of hydrogen-bond donors (Lipinski definition) is 1. The Balaban J connectivity index is 1.63. The van der Waals surface area contributed by atoms with E-state index in [1.807, 2.05) is 25.0 Å². The number of guanidine groups is 1. The van der Waals surface area contributed by atoms with Crippen LogP contribution in [0.5, 0.6) is 0 Å². The molecule has 1 aromatic heterocycles. The summed E-state index contributed by atoms with van der Waals surface area (Å²) in [4.78, 5) is 6.77. The van der Waals surface area contributed by atoms with E-state index in [0.717, 1.165) is 19.0 Å². The molecule has 1 unspecified atom stereocenters. The molecule has 1 aliphatic carbocycles. The maximum atomic E-state index is 4.39. The molecule has 18 heavy (non-hydrogen) atoms. The molecule has 2 heterocycles. The molecule has 1 saturated carbocycles. The van der Waals surface area contributed by atoms with Gasteiger partial charge in [0, 0.05) is 45.3 Å². The summed E-state index contributed by atoms with van der Waals surface area (Å²) < 4.78 is 1.88. The Bertz CT molecular complexity index is 446. The minimum absolute atomic E-state index is 0.594. The minimum Gasteiger partial charge on any atom is -0.354 e. The molecule has 0 radical (unpaired) electrons. The van der Waals surface area contributed by atoms with Crippen molar-refractivity contribution >= 4 is 5.96 Å². The fraction of sp³-hybridized carbons (Fsp3) is 0.692. The molecule has 1 atom stereocenters. The molecule has 0 aromatic carbocycles. The normalized spacial score (nSPS) is 24.7. The van der Waals surface area contributed by atoms with Crippen molar-refractivity contribution in [1.29, 1.82) is 0 Å². The van der Waals surface area contributed by atoms with Crippen molar-refractivity contribution < 1.29 is 0 Å². The number of aryl methyl sites for hydroxylation is 1. The number of nitrogens with zero attached hydrogens (tertiary/aromatic N) is 4. The molecule has 0 bridgehead atoms. The zero-order chi connectivity index (χ0) is 12.5. The van der Waals surface area contributed by atoms with Gasteiger partial charge in [0.15, 0.2) is 5.96 Å². The Morgan fingerprint density at radius 2 is 2.28 bits per heavy atom. The van der Waals surface area contributed by atoms with Crippen LogP contribution in [0.15, 0.2) is 17.4 Å². The van der Waals surface area contributed by atoms with Crippen molar-refractivity contribution in [3.8, 4) is 0 Å². The van der Waals surface area contributed by atoms with E-state index in [1.165, 1.54) is 24.8 Å². The van der Waals surface area contributed by atoms with Crippen LogP contribution in [0.1, 0.15) is 30.7 Å². The van der Waals surface area contributed by atoms with Crippen LogP contribution in [0.3, 0.4) is 0 Å². The van der Waals surface area contributed by atoms with Crippen LogP contribution in [0.25, 0.3) is 0 Å². The minimum atomic E-state index is 0.594. The number of hydrogen-bond acceptors (Lipinski definition) is 2. The topological polar surface area (TPSA) is 45.5 Å². The zero-order valence-electron chi connectivity index (χ0n) is 11.1. The largest absolute Gasteiger partial charge is 0.354 e. The van der Waals surface area contributed by atoms with Gasteiger partial charge in [-0.15, -0.1) is 0 Å². The van der Waals surface area contributed by atoms with Gasteiger partial charge < -0.3 is 10.2 Å². The first-order valence-corrected chi connectivity index (χ1v) is 6.73. The van der Waals surface area contributed by atoms with Gasteiger partial charge in [-0.3, -0.25) is 9.67 Å². The van der Waals surface area contributed by atoms with Gasteiger partial charge in [0.1, 0.15) is 0 Å². The Morgan fingerprint density at radius 3 is 2.89 bits per heavy atom. The van der Waals surface area contributed by atoms with Crippen LogP contribution in [0.4, 0.5) is 0 Å². The van der Waals surface area contributed by atoms with E-state index >= 15 is 0 Å². The van der Waals surface area contributed by atoms with Gasteiger partial charge in [-0.05, 0) is 24.8 Å². The fourth-order valence-corrected chi connectivity index (χ4v) is 2.58. The van der Waals surface area contributed by atoms with E-state index < -0.39 is 0 Å². The molecule has 5 nitrogen and oxygen atoms in total. The highest BCUT2D eigenvalue weighted by molar-refractivity contribution is 5.80. The molecule has 0 amide bonds. The Labute approximate surface area is 108 Å². The average Bonchev–Trinajstić information content (AvgIpc) is 2.88. The first-order chi connectivity index (χ1) is 8.76. The molecular formula is C13H21N5. The van der Waals surface area contributed by atoms with Crippen LogP contribution in [0, 0.1) is 0 Å². The Morgan fingerprint density at radius 1 is 1.44 bits per heavy atom. The van der Waals surface area contributed by atoms with E-state index in [0.29, 0.717) is 12.0 Å². The maximum absolute atomic E-state index is 4.39. The summed E-state index contributed by atoms with van der Waals surface area (Å²) >= 11 is 0. The molecule has 2 fully saturated rings. The van der Waals surface area contributed by atoms with E-state index in [1.54, 1.807) is 0 Å². The molecule has 1 aromatic rings. The van der Waals surface area contributed by atoms with Crippen LogP contribution in [0.2, 0.25) is 0 Å².